The summed E-state index contributed by atoms with van der Waals surface area (Å²) in [5.41, 5.74) is -0.951. The van der Waals surface area contributed by atoms with E-state index in [1.807, 2.05) is 0 Å². The lowest BCUT2D eigenvalue weighted by Gasteiger charge is -2.06. The van der Waals surface area contributed by atoms with Crippen molar-refractivity contribution in [2.75, 3.05) is 11.9 Å². The molecule has 2 aromatic rings. The smallest absolute Gasteiger partial charge is 0.342 e. The molecule has 0 saturated carbocycles. The maximum Gasteiger partial charge on any atom is 0.342 e. The maximum atomic E-state index is 11.0. The second-order valence-electron chi connectivity index (χ2n) is 3.74. The van der Waals surface area contributed by atoms with Crippen LogP contribution in [0.25, 0.3) is 0 Å². The Hall–Kier alpha value is -3.04. The van der Waals surface area contributed by atoms with Gasteiger partial charge in [0, 0.05) is 18.8 Å². The SMILES string of the molecule is O=C(O)c1cc(NCCn2ccnn2)ncc1[N+](=O)[O-]. The van der Waals surface area contributed by atoms with Gasteiger partial charge in [0.1, 0.15) is 17.6 Å². The van der Waals surface area contributed by atoms with Crippen molar-refractivity contribution in [1.82, 2.24) is 20.0 Å². The molecule has 0 unspecified atom stereocenters. The zero-order chi connectivity index (χ0) is 14.5. The quantitative estimate of drug-likeness (QED) is 0.572. The molecule has 0 amide bonds. The van der Waals surface area contributed by atoms with Gasteiger partial charge in [-0.3, -0.25) is 14.8 Å². The summed E-state index contributed by atoms with van der Waals surface area (Å²) in [4.78, 5) is 24.6. The second kappa shape index (κ2) is 5.73. The number of carboxylic acids is 1. The number of carbonyl (C=O) groups is 1. The van der Waals surface area contributed by atoms with Crippen molar-refractivity contribution < 1.29 is 14.8 Å². The average molecular weight is 278 g/mol. The number of aromatic carboxylic acids is 1. The molecule has 0 aromatic carbocycles. The minimum Gasteiger partial charge on any atom is -0.477 e. The van der Waals surface area contributed by atoms with Crippen LogP contribution in [0.2, 0.25) is 0 Å². The molecule has 0 aliphatic heterocycles. The number of hydrogen-bond acceptors (Lipinski definition) is 7. The van der Waals surface area contributed by atoms with E-state index >= 15 is 0 Å². The monoisotopic (exact) mass is 278 g/mol. The van der Waals surface area contributed by atoms with Crippen LogP contribution in [-0.4, -0.2) is 42.5 Å². The molecule has 10 heteroatoms. The summed E-state index contributed by atoms with van der Waals surface area (Å²) < 4.78 is 1.58. The summed E-state index contributed by atoms with van der Waals surface area (Å²) in [7, 11) is 0. The number of anilines is 1. The van der Waals surface area contributed by atoms with Crippen LogP contribution in [0.4, 0.5) is 11.5 Å². The molecule has 2 rings (SSSR count). The molecule has 10 nitrogen and oxygen atoms in total. The summed E-state index contributed by atoms with van der Waals surface area (Å²) in [6.07, 6.45) is 4.13. The van der Waals surface area contributed by atoms with Gasteiger partial charge in [-0.25, -0.2) is 9.78 Å². The summed E-state index contributed by atoms with van der Waals surface area (Å²) in [5, 5.41) is 29.8. The molecule has 0 radical (unpaired) electrons. The van der Waals surface area contributed by atoms with E-state index in [-0.39, 0.29) is 5.82 Å². The van der Waals surface area contributed by atoms with E-state index in [9.17, 15) is 14.9 Å². The fourth-order valence-corrected chi connectivity index (χ4v) is 1.51. The predicted octanol–water partition coefficient (Wildman–Crippen LogP) is 0.392. The summed E-state index contributed by atoms with van der Waals surface area (Å²) in [6, 6.07) is 1.13. The van der Waals surface area contributed by atoms with Gasteiger partial charge >= 0.3 is 11.7 Å². The fraction of sp³-hybridized carbons (Fsp3) is 0.200. The second-order valence-corrected chi connectivity index (χ2v) is 3.74. The predicted molar refractivity (Wildman–Crippen MR) is 66.4 cm³/mol. The molecule has 0 spiro atoms. The van der Waals surface area contributed by atoms with E-state index in [0.29, 0.717) is 13.1 Å². The van der Waals surface area contributed by atoms with Crippen LogP contribution in [0.1, 0.15) is 10.4 Å². The van der Waals surface area contributed by atoms with Gasteiger partial charge in [-0.15, -0.1) is 5.10 Å². The normalized spacial score (nSPS) is 10.2. The molecule has 104 valence electrons. The van der Waals surface area contributed by atoms with Crippen LogP contribution >= 0.6 is 0 Å². The van der Waals surface area contributed by atoms with Crippen LogP contribution in [0, 0.1) is 10.1 Å². The standard InChI is InChI=1S/C10H10N6O4/c17-10(18)7-5-9(12-6-8(7)16(19)20)11-1-3-15-4-2-13-14-15/h2,4-6H,1,3H2,(H,11,12)(H,17,18). The zero-order valence-corrected chi connectivity index (χ0v) is 10.1. The summed E-state index contributed by atoms with van der Waals surface area (Å²) >= 11 is 0. The van der Waals surface area contributed by atoms with Gasteiger partial charge in [0.2, 0.25) is 0 Å². The lowest BCUT2D eigenvalue weighted by atomic mass is 10.2. The number of nitro groups is 1. The summed E-state index contributed by atoms with van der Waals surface area (Å²) in [5.74, 6) is -1.13. The molecule has 2 heterocycles. The highest BCUT2D eigenvalue weighted by atomic mass is 16.6. The highest BCUT2D eigenvalue weighted by Crippen LogP contribution is 2.20. The Bertz CT molecular complexity index is 627. The van der Waals surface area contributed by atoms with Crippen LogP contribution in [-0.2, 0) is 6.54 Å². The van der Waals surface area contributed by atoms with E-state index in [2.05, 4.69) is 20.6 Å². The third kappa shape index (κ3) is 3.04. The molecular formula is C10H10N6O4. The van der Waals surface area contributed by atoms with E-state index in [1.165, 1.54) is 6.20 Å². The molecule has 20 heavy (non-hydrogen) atoms. The van der Waals surface area contributed by atoms with Gasteiger partial charge in [-0.1, -0.05) is 5.21 Å². The Balaban J connectivity index is 2.07. The number of aromatic nitrogens is 4. The molecule has 2 N–H and O–H groups in total. The van der Waals surface area contributed by atoms with Crippen molar-refractivity contribution in [3.05, 3.63) is 40.3 Å². The van der Waals surface area contributed by atoms with Crippen molar-refractivity contribution >= 4 is 17.5 Å². The first-order chi connectivity index (χ1) is 9.58. The number of hydrogen-bond donors (Lipinski definition) is 2. The van der Waals surface area contributed by atoms with Gasteiger partial charge in [-0.05, 0) is 0 Å². The van der Waals surface area contributed by atoms with E-state index in [4.69, 9.17) is 5.11 Å². The molecule has 2 aromatic heterocycles. The minimum absolute atomic E-state index is 0.244. The molecule has 0 aliphatic rings. The van der Waals surface area contributed by atoms with Gasteiger partial charge in [0.15, 0.2) is 0 Å². The lowest BCUT2D eigenvalue weighted by molar-refractivity contribution is -0.385. The van der Waals surface area contributed by atoms with Crippen molar-refractivity contribution in [1.29, 1.82) is 0 Å². The van der Waals surface area contributed by atoms with Gasteiger partial charge in [0.05, 0.1) is 17.7 Å². The van der Waals surface area contributed by atoms with Gasteiger partial charge in [-0.2, -0.15) is 0 Å². The van der Waals surface area contributed by atoms with Crippen LogP contribution < -0.4 is 5.32 Å². The molecule has 0 atom stereocenters. The van der Waals surface area contributed by atoms with Crippen LogP contribution in [0.3, 0.4) is 0 Å². The number of pyridine rings is 1. The van der Waals surface area contributed by atoms with E-state index in [0.717, 1.165) is 12.3 Å². The highest BCUT2D eigenvalue weighted by molar-refractivity contribution is 5.93. The molecule has 0 bridgehead atoms. The third-order valence-electron chi connectivity index (χ3n) is 2.43. The first kappa shape index (κ1) is 13.4. The largest absolute Gasteiger partial charge is 0.477 e. The van der Waals surface area contributed by atoms with Crippen molar-refractivity contribution in [2.24, 2.45) is 0 Å². The number of nitrogens with zero attached hydrogens (tertiary/aromatic N) is 5. The topological polar surface area (TPSA) is 136 Å². The van der Waals surface area contributed by atoms with Gasteiger partial charge < -0.3 is 10.4 Å². The zero-order valence-electron chi connectivity index (χ0n) is 10.1. The van der Waals surface area contributed by atoms with Gasteiger partial charge in [0.25, 0.3) is 0 Å². The first-order valence-corrected chi connectivity index (χ1v) is 5.53. The Kier molecular flexibility index (Phi) is 3.84. The van der Waals surface area contributed by atoms with Crippen LogP contribution in [0.15, 0.2) is 24.7 Å². The van der Waals surface area contributed by atoms with Crippen LogP contribution in [0.5, 0.6) is 0 Å². The van der Waals surface area contributed by atoms with Crippen molar-refractivity contribution in [3.63, 3.8) is 0 Å². The maximum absolute atomic E-state index is 11.0. The van der Waals surface area contributed by atoms with Crippen molar-refractivity contribution in [2.45, 2.75) is 6.54 Å². The van der Waals surface area contributed by atoms with E-state index in [1.54, 1.807) is 10.9 Å². The minimum atomic E-state index is -1.38. The lowest BCUT2D eigenvalue weighted by Crippen LogP contribution is -2.13. The Labute approximate surface area is 112 Å². The highest BCUT2D eigenvalue weighted by Gasteiger charge is 2.20. The molecule has 0 fully saturated rings. The number of rotatable bonds is 6. The Morgan fingerprint density at radius 1 is 1.55 bits per heavy atom. The van der Waals surface area contributed by atoms with Crippen molar-refractivity contribution in [3.8, 4) is 0 Å². The first-order valence-electron chi connectivity index (χ1n) is 5.53. The summed E-state index contributed by atoms with van der Waals surface area (Å²) in [6.45, 7) is 0.925. The molecule has 0 saturated heterocycles. The fourth-order valence-electron chi connectivity index (χ4n) is 1.51. The molecular weight excluding hydrogens is 268 g/mol. The Morgan fingerprint density at radius 3 is 2.95 bits per heavy atom. The van der Waals surface area contributed by atoms with E-state index < -0.39 is 22.1 Å². The average Bonchev–Trinajstić information content (AvgIpc) is 2.91. The number of carboxylic acid groups (broad SMARTS) is 1. The number of nitrogens with one attached hydrogen (secondary N) is 1. The third-order valence-corrected chi connectivity index (χ3v) is 2.43. The molecule has 0 aliphatic carbocycles. The Morgan fingerprint density at radius 2 is 2.35 bits per heavy atom.